The molecule has 0 radical (unpaired) electrons. The summed E-state index contributed by atoms with van der Waals surface area (Å²) in [6.45, 7) is -0.169. The van der Waals surface area contributed by atoms with Crippen molar-refractivity contribution in [2.75, 3.05) is 6.61 Å². The summed E-state index contributed by atoms with van der Waals surface area (Å²) in [6, 6.07) is 1.68. The lowest BCUT2D eigenvalue weighted by atomic mass is 10.0. The molecule has 0 bridgehead atoms. The van der Waals surface area contributed by atoms with Gasteiger partial charge in [-0.05, 0) is 12.5 Å². The Bertz CT molecular complexity index is 471. The second kappa shape index (κ2) is 4.56. The topological polar surface area (TPSA) is 102 Å². The third-order valence-corrected chi connectivity index (χ3v) is 2.44. The monoisotopic (exact) mass is 223 g/mol. The van der Waals surface area contributed by atoms with E-state index in [1.807, 2.05) is 0 Å². The van der Waals surface area contributed by atoms with Crippen LogP contribution in [-0.4, -0.2) is 43.2 Å². The van der Waals surface area contributed by atoms with Gasteiger partial charge in [0, 0.05) is 18.4 Å². The van der Waals surface area contributed by atoms with Crippen LogP contribution in [0.3, 0.4) is 0 Å². The summed E-state index contributed by atoms with van der Waals surface area (Å²) in [5.41, 5.74) is 1.90. The molecule has 0 aromatic carbocycles. The van der Waals surface area contributed by atoms with E-state index in [4.69, 9.17) is 5.11 Å². The van der Waals surface area contributed by atoms with Gasteiger partial charge in [0.1, 0.15) is 11.6 Å². The molecule has 6 nitrogen and oxygen atoms in total. The summed E-state index contributed by atoms with van der Waals surface area (Å²) in [7, 11) is 0. The Labute approximate surface area is 91.6 Å². The van der Waals surface area contributed by atoms with Gasteiger partial charge in [0.15, 0.2) is 0 Å². The van der Waals surface area contributed by atoms with Gasteiger partial charge >= 0.3 is 0 Å². The first-order chi connectivity index (χ1) is 7.72. The Hall–Kier alpha value is -1.50. The Balaban J connectivity index is 2.24. The molecule has 86 valence electrons. The van der Waals surface area contributed by atoms with Crippen molar-refractivity contribution in [3.8, 4) is 0 Å². The van der Waals surface area contributed by atoms with E-state index in [0.717, 1.165) is 0 Å². The van der Waals surface area contributed by atoms with Crippen LogP contribution in [0, 0.1) is 0 Å². The van der Waals surface area contributed by atoms with Gasteiger partial charge in [-0.1, -0.05) is 0 Å². The first-order valence-electron chi connectivity index (χ1n) is 4.98. The van der Waals surface area contributed by atoms with Gasteiger partial charge < -0.3 is 15.3 Å². The van der Waals surface area contributed by atoms with Gasteiger partial charge in [-0.3, -0.25) is 10.1 Å². The number of aromatic amines is 1. The van der Waals surface area contributed by atoms with Crippen LogP contribution < -0.4 is 0 Å². The maximum atomic E-state index is 9.78. The summed E-state index contributed by atoms with van der Waals surface area (Å²) < 4.78 is 0. The quantitative estimate of drug-likeness (QED) is 0.571. The number of hydrogen-bond acceptors (Lipinski definition) is 5. The number of aliphatic hydroxyl groups is 3. The van der Waals surface area contributed by atoms with E-state index in [9.17, 15) is 10.2 Å². The van der Waals surface area contributed by atoms with E-state index in [2.05, 4.69) is 15.2 Å². The van der Waals surface area contributed by atoms with Gasteiger partial charge in [0.25, 0.3) is 0 Å². The molecule has 0 saturated heterocycles. The second-order valence-electron chi connectivity index (χ2n) is 3.60. The van der Waals surface area contributed by atoms with Crippen molar-refractivity contribution < 1.29 is 15.3 Å². The molecule has 0 aliphatic carbocycles. The van der Waals surface area contributed by atoms with E-state index >= 15 is 0 Å². The Morgan fingerprint density at radius 2 is 2.12 bits per heavy atom. The highest BCUT2D eigenvalue weighted by Crippen LogP contribution is 2.20. The summed E-state index contributed by atoms with van der Waals surface area (Å²) in [4.78, 5) is 4.08. The summed E-state index contributed by atoms with van der Waals surface area (Å²) in [6.07, 6.45) is 1.15. The molecule has 2 rings (SSSR count). The number of fused-ring (bicyclic) bond motifs is 1. The minimum absolute atomic E-state index is 0.127. The zero-order valence-corrected chi connectivity index (χ0v) is 8.54. The average Bonchev–Trinajstić information content (AvgIpc) is 2.75. The number of aliphatic hydroxyl groups excluding tert-OH is 3. The predicted molar refractivity (Wildman–Crippen MR) is 56.6 cm³/mol. The molecule has 4 N–H and O–H groups in total. The van der Waals surface area contributed by atoms with Crippen molar-refractivity contribution >= 4 is 11.0 Å². The number of nitrogens with zero attached hydrogens (tertiary/aromatic N) is 2. The van der Waals surface area contributed by atoms with Crippen LogP contribution in [0.15, 0.2) is 18.5 Å². The summed E-state index contributed by atoms with van der Waals surface area (Å²) in [5, 5.41) is 34.5. The molecule has 0 aliphatic heterocycles. The predicted octanol–water partition coefficient (Wildman–Crippen LogP) is -0.265. The van der Waals surface area contributed by atoms with Crippen molar-refractivity contribution in [1.29, 1.82) is 0 Å². The van der Waals surface area contributed by atoms with Crippen LogP contribution in [0.4, 0.5) is 0 Å². The molecule has 2 aromatic rings. The molecule has 6 heteroatoms. The van der Waals surface area contributed by atoms with E-state index in [1.54, 1.807) is 12.3 Å². The van der Waals surface area contributed by atoms with Crippen molar-refractivity contribution in [2.24, 2.45) is 0 Å². The molecule has 2 unspecified atom stereocenters. The lowest BCUT2D eigenvalue weighted by Gasteiger charge is -2.16. The van der Waals surface area contributed by atoms with Crippen LogP contribution in [0.25, 0.3) is 11.0 Å². The Morgan fingerprint density at radius 1 is 1.31 bits per heavy atom. The molecular weight excluding hydrogens is 210 g/mol. The highest BCUT2D eigenvalue weighted by atomic mass is 16.3. The molecule has 0 fully saturated rings. The fraction of sp³-hybridized carbons (Fsp3) is 0.400. The van der Waals surface area contributed by atoms with Gasteiger partial charge in [-0.2, -0.15) is 5.10 Å². The standard InChI is InChI=1S/C10H13N3O3/c14-2-1-9(15)10(16)6-3-7-8(11-4-6)5-12-13-7/h3-5,9-10,14-16H,1-2H2,(H,12,13). The smallest absolute Gasteiger partial charge is 0.108 e. The third-order valence-electron chi connectivity index (χ3n) is 2.44. The fourth-order valence-corrected chi connectivity index (χ4v) is 1.52. The molecule has 2 heterocycles. The normalized spacial score (nSPS) is 15.2. The highest BCUT2D eigenvalue weighted by Gasteiger charge is 2.18. The third kappa shape index (κ3) is 2.04. The summed E-state index contributed by atoms with van der Waals surface area (Å²) >= 11 is 0. The van der Waals surface area contributed by atoms with Crippen LogP contribution in [0.1, 0.15) is 18.1 Å². The van der Waals surface area contributed by atoms with Gasteiger partial charge in [0.05, 0.1) is 17.8 Å². The molecule has 2 atom stereocenters. The van der Waals surface area contributed by atoms with E-state index < -0.39 is 12.2 Å². The Kier molecular flexibility index (Phi) is 3.14. The number of H-pyrrole nitrogens is 1. The van der Waals surface area contributed by atoms with Crippen molar-refractivity contribution in [1.82, 2.24) is 15.2 Å². The van der Waals surface area contributed by atoms with Gasteiger partial charge in [0.2, 0.25) is 0 Å². The first kappa shape index (κ1) is 11.0. The lowest BCUT2D eigenvalue weighted by molar-refractivity contribution is 0.00412. The molecule has 2 aromatic heterocycles. The number of nitrogens with one attached hydrogen (secondary N) is 1. The average molecular weight is 223 g/mol. The second-order valence-corrected chi connectivity index (χ2v) is 3.60. The molecule has 0 amide bonds. The maximum Gasteiger partial charge on any atom is 0.108 e. The highest BCUT2D eigenvalue weighted by molar-refractivity contribution is 5.73. The number of pyridine rings is 1. The van der Waals surface area contributed by atoms with Crippen LogP contribution in [0.2, 0.25) is 0 Å². The lowest BCUT2D eigenvalue weighted by Crippen LogP contribution is -2.19. The molecule has 0 aliphatic rings. The molecule has 16 heavy (non-hydrogen) atoms. The Morgan fingerprint density at radius 3 is 2.88 bits per heavy atom. The van der Waals surface area contributed by atoms with E-state index in [1.165, 1.54) is 6.20 Å². The van der Waals surface area contributed by atoms with Crippen LogP contribution in [0.5, 0.6) is 0 Å². The summed E-state index contributed by atoms with van der Waals surface area (Å²) in [5.74, 6) is 0. The van der Waals surface area contributed by atoms with Crippen LogP contribution in [-0.2, 0) is 0 Å². The van der Waals surface area contributed by atoms with Gasteiger partial charge in [-0.25, -0.2) is 0 Å². The zero-order valence-electron chi connectivity index (χ0n) is 8.54. The van der Waals surface area contributed by atoms with E-state index in [0.29, 0.717) is 16.6 Å². The molecule has 0 spiro atoms. The molecule has 0 saturated carbocycles. The fourth-order valence-electron chi connectivity index (χ4n) is 1.52. The van der Waals surface area contributed by atoms with Crippen LogP contribution >= 0.6 is 0 Å². The van der Waals surface area contributed by atoms with Crippen molar-refractivity contribution in [3.05, 3.63) is 24.0 Å². The zero-order chi connectivity index (χ0) is 11.5. The van der Waals surface area contributed by atoms with Crippen molar-refractivity contribution in [2.45, 2.75) is 18.6 Å². The SMILES string of the molecule is OCCC(O)C(O)c1cnc2cn[nH]c2c1. The minimum Gasteiger partial charge on any atom is -0.396 e. The number of rotatable bonds is 4. The minimum atomic E-state index is -1.05. The largest absolute Gasteiger partial charge is 0.396 e. The number of hydrogen-bond donors (Lipinski definition) is 4. The molecular formula is C10H13N3O3. The first-order valence-corrected chi connectivity index (χ1v) is 4.98. The van der Waals surface area contributed by atoms with Gasteiger partial charge in [-0.15, -0.1) is 0 Å². The van der Waals surface area contributed by atoms with E-state index in [-0.39, 0.29) is 13.0 Å². The maximum absolute atomic E-state index is 9.78. The van der Waals surface area contributed by atoms with Crippen molar-refractivity contribution in [3.63, 3.8) is 0 Å². The number of aromatic nitrogens is 3.